The molecule has 0 N–H and O–H groups in total. The number of hydrogen-bond donors (Lipinski definition) is 0. The predicted octanol–water partition coefficient (Wildman–Crippen LogP) is 3.74. The lowest BCUT2D eigenvalue weighted by Crippen LogP contribution is -2.08. The van der Waals surface area contributed by atoms with Crippen LogP contribution in [0.3, 0.4) is 0 Å². The molecule has 0 fully saturated rings. The van der Waals surface area contributed by atoms with Crippen LogP contribution in [-0.4, -0.2) is 4.57 Å². The molecule has 0 spiro atoms. The summed E-state index contributed by atoms with van der Waals surface area (Å²) in [5, 5.41) is 0. The molecule has 1 aromatic heterocycles. The Morgan fingerprint density at radius 3 is 2.40 bits per heavy atom. The smallest absolute Gasteiger partial charge is 0.247 e. The van der Waals surface area contributed by atoms with Crippen LogP contribution in [0.25, 0.3) is 4.85 Å². The maximum absolute atomic E-state index is 7.08. The summed E-state index contributed by atoms with van der Waals surface area (Å²) in [6, 6.07) is 2.14. The van der Waals surface area contributed by atoms with Crippen molar-refractivity contribution in [1.29, 1.82) is 0 Å². The standard InChI is InChI=1S/C13H20N2/c1-9(2)8-15-10(3)7-13(12(15)5)11(4)14-6/h7,9,11H,8H2,1-5H3. The third-order valence-electron chi connectivity index (χ3n) is 2.80. The predicted molar refractivity (Wildman–Crippen MR) is 63.8 cm³/mol. The number of aryl methyl sites for hydroxylation is 1. The average Bonchev–Trinajstić information content (AvgIpc) is 2.44. The van der Waals surface area contributed by atoms with Crippen LogP contribution in [0.1, 0.15) is 43.8 Å². The summed E-state index contributed by atoms with van der Waals surface area (Å²) in [4.78, 5) is 3.59. The van der Waals surface area contributed by atoms with E-state index in [1.54, 1.807) is 0 Å². The van der Waals surface area contributed by atoms with Gasteiger partial charge in [0.2, 0.25) is 6.04 Å². The third kappa shape index (κ3) is 2.41. The lowest BCUT2D eigenvalue weighted by molar-refractivity contribution is 0.508. The van der Waals surface area contributed by atoms with E-state index in [0.29, 0.717) is 5.92 Å². The highest BCUT2D eigenvalue weighted by Crippen LogP contribution is 2.25. The monoisotopic (exact) mass is 204 g/mol. The van der Waals surface area contributed by atoms with Gasteiger partial charge in [-0.15, -0.1) is 0 Å². The zero-order valence-electron chi connectivity index (χ0n) is 10.3. The van der Waals surface area contributed by atoms with E-state index in [-0.39, 0.29) is 6.04 Å². The topological polar surface area (TPSA) is 9.29 Å². The molecule has 1 rings (SSSR count). The van der Waals surface area contributed by atoms with Crippen molar-refractivity contribution in [3.05, 3.63) is 34.4 Å². The van der Waals surface area contributed by atoms with Crippen molar-refractivity contribution in [1.82, 2.24) is 4.57 Å². The van der Waals surface area contributed by atoms with Crippen LogP contribution in [0.5, 0.6) is 0 Å². The largest absolute Gasteiger partial charge is 0.348 e. The SMILES string of the molecule is [C-]#[N+]C(C)c1cc(C)n(CC(C)C)c1C. The minimum atomic E-state index is -0.0166. The van der Waals surface area contributed by atoms with Crippen LogP contribution in [0.4, 0.5) is 0 Å². The van der Waals surface area contributed by atoms with E-state index in [9.17, 15) is 0 Å². The van der Waals surface area contributed by atoms with Gasteiger partial charge in [0.05, 0.1) is 5.56 Å². The number of aromatic nitrogens is 1. The van der Waals surface area contributed by atoms with E-state index in [4.69, 9.17) is 6.57 Å². The molecule has 0 radical (unpaired) electrons. The maximum atomic E-state index is 7.08. The minimum Gasteiger partial charge on any atom is -0.348 e. The molecule has 0 saturated heterocycles. The Hall–Kier alpha value is -1.23. The number of nitrogens with zero attached hydrogens (tertiary/aromatic N) is 2. The van der Waals surface area contributed by atoms with Gasteiger partial charge < -0.3 is 9.41 Å². The fraction of sp³-hybridized carbons (Fsp3) is 0.615. The van der Waals surface area contributed by atoms with Crippen molar-refractivity contribution in [3.63, 3.8) is 0 Å². The molecule has 1 atom stereocenters. The van der Waals surface area contributed by atoms with Gasteiger partial charge in [-0.05, 0) is 25.8 Å². The Kier molecular flexibility index (Phi) is 3.57. The average molecular weight is 204 g/mol. The first-order valence-electron chi connectivity index (χ1n) is 5.50. The zero-order valence-corrected chi connectivity index (χ0v) is 10.3. The quantitative estimate of drug-likeness (QED) is 0.663. The van der Waals surface area contributed by atoms with E-state index >= 15 is 0 Å². The van der Waals surface area contributed by atoms with Crippen molar-refractivity contribution in [2.45, 2.75) is 47.2 Å². The van der Waals surface area contributed by atoms with Gasteiger partial charge in [0.15, 0.2) is 0 Å². The maximum Gasteiger partial charge on any atom is 0.247 e. The van der Waals surface area contributed by atoms with Crippen LogP contribution in [0, 0.1) is 26.3 Å². The zero-order chi connectivity index (χ0) is 11.6. The second-order valence-electron chi connectivity index (χ2n) is 4.64. The van der Waals surface area contributed by atoms with Crippen LogP contribution in [0.15, 0.2) is 6.07 Å². The van der Waals surface area contributed by atoms with E-state index in [2.05, 4.69) is 43.2 Å². The molecule has 0 aliphatic heterocycles. The van der Waals surface area contributed by atoms with Gasteiger partial charge in [0.1, 0.15) is 0 Å². The van der Waals surface area contributed by atoms with Gasteiger partial charge in [-0.2, -0.15) is 0 Å². The highest BCUT2D eigenvalue weighted by atomic mass is 15.0. The molecule has 0 aromatic carbocycles. The molecule has 0 aliphatic rings. The first-order valence-corrected chi connectivity index (χ1v) is 5.50. The molecule has 1 heterocycles. The number of hydrogen-bond acceptors (Lipinski definition) is 0. The first kappa shape index (κ1) is 11.8. The Balaban J connectivity index is 3.10. The van der Waals surface area contributed by atoms with Crippen LogP contribution in [-0.2, 0) is 6.54 Å². The fourth-order valence-corrected chi connectivity index (χ4v) is 1.97. The first-order chi connectivity index (χ1) is 6.97. The number of rotatable bonds is 3. The Morgan fingerprint density at radius 1 is 1.33 bits per heavy atom. The van der Waals surface area contributed by atoms with Crippen molar-refractivity contribution in [3.8, 4) is 0 Å². The van der Waals surface area contributed by atoms with E-state index in [1.807, 2.05) is 6.92 Å². The van der Waals surface area contributed by atoms with Crippen LogP contribution >= 0.6 is 0 Å². The van der Waals surface area contributed by atoms with Gasteiger partial charge in [-0.25, -0.2) is 6.57 Å². The summed E-state index contributed by atoms with van der Waals surface area (Å²) in [6.45, 7) is 18.8. The van der Waals surface area contributed by atoms with E-state index in [1.165, 1.54) is 17.0 Å². The van der Waals surface area contributed by atoms with Crippen molar-refractivity contribution >= 4 is 0 Å². The van der Waals surface area contributed by atoms with Crippen LogP contribution in [0.2, 0.25) is 0 Å². The second-order valence-corrected chi connectivity index (χ2v) is 4.64. The molecule has 1 aromatic rings. The summed E-state index contributed by atoms with van der Waals surface area (Å²) in [7, 11) is 0. The normalized spacial score (nSPS) is 12.9. The van der Waals surface area contributed by atoms with Crippen molar-refractivity contribution in [2.75, 3.05) is 0 Å². The van der Waals surface area contributed by atoms with Gasteiger partial charge >= 0.3 is 0 Å². The molecule has 1 unspecified atom stereocenters. The fourth-order valence-electron chi connectivity index (χ4n) is 1.97. The molecule has 0 bridgehead atoms. The third-order valence-corrected chi connectivity index (χ3v) is 2.80. The van der Waals surface area contributed by atoms with E-state index < -0.39 is 0 Å². The molecular weight excluding hydrogens is 184 g/mol. The van der Waals surface area contributed by atoms with Gasteiger partial charge in [0, 0.05) is 24.9 Å². The lowest BCUT2D eigenvalue weighted by Gasteiger charge is -2.12. The summed E-state index contributed by atoms with van der Waals surface area (Å²) < 4.78 is 2.32. The molecule has 15 heavy (non-hydrogen) atoms. The Bertz CT molecular complexity index is 380. The molecule has 2 nitrogen and oxygen atoms in total. The summed E-state index contributed by atoms with van der Waals surface area (Å²) in [5.74, 6) is 0.644. The molecule has 0 saturated carbocycles. The summed E-state index contributed by atoms with van der Waals surface area (Å²) in [5.41, 5.74) is 3.71. The van der Waals surface area contributed by atoms with Crippen LogP contribution < -0.4 is 0 Å². The summed E-state index contributed by atoms with van der Waals surface area (Å²) >= 11 is 0. The molecule has 82 valence electrons. The summed E-state index contributed by atoms with van der Waals surface area (Å²) in [6.07, 6.45) is 0. The minimum absolute atomic E-state index is 0.0166. The highest BCUT2D eigenvalue weighted by Gasteiger charge is 2.17. The van der Waals surface area contributed by atoms with Crippen molar-refractivity contribution < 1.29 is 0 Å². The van der Waals surface area contributed by atoms with Gasteiger partial charge in [0.25, 0.3) is 0 Å². The lowest BCUT2D eigenvalue weighted by atomic mass is 10.1. The Labute approximate surface area is 92.7 Å². The van der Waals surface area contributed by atoms with E-state index in [0.717, 1.165) is 6.54 Å². The van der Waals surface area contributed by atoms with Gasteiger partial charge in [-0.1, -0.05) is 13.8 Å². The second kappa shape index (κ2) is 4.53. The molecular formula is C13H20N2. The van der Waals surface area contributed by atoms with Gasteiger partial charge in [-0.3, -0.25) is 0 Å². The molecule has 2 heteroatoms. The highest BCUT2D eigenvalue weighted by molar-refractivity contribution is 5.31. The van der Waals surface area contributed by atoms with Crippen molar-refractivity contribution in [2.24, 2.45) is 5.92 Å². The molecule has 0 aliphatic carbocycles. The Morgan fingerprint density at radius 2 is 1.93 bits per heavy atom. The molecule has 0 amide bonds.